The van der Waals surface area contributed by atoms with Crippen molar-refractivity contribution in [3.8, 4) is 5.06 Å². The zero-order valence-corrected chi connectivity index (χ0v) is 12.1. The van der Waals surface area contributed by atoms with Crippen LogP contribution in [0.4, 0.5) is 0 Å². The number of hydrogen-bond donors (Lipinski definition) is 0. The summed E-state index contributed by atoms with van der Waals surface area (Å²) in [6, 6.07) is 6.34. The van der Waals surface area contributed by atoms with E-state index in [1.54, 1.807) is 11.3 Å². The van der Waals surface area contributed by atoms with Gasteiger partial charge in [-0.1, -0.05) is 11.3 Å². The van der Waals surface area contributed by atoms with Gasteiger partial charge in [-0.05, 0) is 57.6 Å². The number of fused-ring (bicyclic) bond motifs is 1. The van der Waals surface area contributed by atoms with Crippen molar-refractivity contribution in [2.75, 3.05) is 6.61 Å². The lowest BCUT2D eigenvalue weighted by Crippen LogP contribution is -1.86. The first-order valence-electron chi connectivity index (χ1n) is 4.22. The first-order chi connectivity index (χ1) is 6.72. The molecule has 1 heterocycles. The number of benzene rings is 1. The van der Waals surface area contributed by atoms with Crippen molar-refractivity contribution < 1.29 is 4.74 Å². The first kappa shape index (κ1) is 10.7. The van der Waals surface area contributed by atoms with Gasteiger partial charge in [0.2, 0.25) is 0 Å². The number of thiophene rings is 1. The molecule has 1 aromatic carbocycles. The monoisotopic (exact) mass is 382 g/mol. The molecule has 0 spiro atoms. The topological polar surface area (TPSA) is 9.23 Å². The predicted octanol–water partition coefficient (Wildman–Crippen LogP) is 4.67. The van der Waals surface area contributed by atoms with Gasteiger partial charge in [-0.25, -0.2) is 0 Å². The highest BCUT2D eigenvalue weighted by atomic mass is 127. The van der Waals surface area contributed by atoms with Gasteiger partial charge in [-0.3, -0.25) is 0 Å². The molecule has 0 N–H and O–H groups in total. The standard InChI is InChI=1S/C10H8BrIOS/c1-2-13-9-5-6-8(14-9)4-3-7(12)10(6)11/h3-5H,2H2,1H3. The number of rotatable bonds is 2. The van der Waals surface area contributed by atoms with Gasteiger partial charge < -0.3 is 4.74 Å². The summed E-state index contributed by atoms with van der Waals surface area (Å²) in [5.74, 6) is 0. The summed E-state index contributed by atoms with van der Waals surface area (Å²) in [5.41, 5.74) is 0. The lowest BCUT2D eigenvalue weighted by atomic mass is 10.3. The zero-order chi connectivity index (χ0) is 10.1. The molecule has 2 aromatic rings. The minimum absolute atomic E-state index is 0.724. The van der Waals surface area contributed by atoms with E-state index in [1.807, 2.05) is 6.92 Å². The van der Waals surface area contributed by atoms with Crippen molar-refractivity contribution >= 4 is 59.9 Å². The fraction of sp³-hybridized carbons (Fsp3) is 0.200. The molecule has 0 aliphatic carbocycles. The molecule has 0 aliphatic rings. The highest BCUT2D eigenvalue weighted by Crippen LogP contribution is 2.37. The third kappa shape index (κ3) is 1.92. The second kappa shape index (κ2) is 4.37. The molecular formula is C10H8BrIOS. The smallest absolute Gasteiger partial charge is 0.174 e. The van der Waals surface area contributed by atoms with Crippen LogP contribution in [0.1, 0.15) is 6.92 Å². The Balaban J connectivity index is 2.59. The maximum atomic E-state index is 5.48. The van der Waals surface area contributed by atoms with Crippen LogP contribution in [-0.2, 0) is 0 Å². The van der Waals surface area contributed by atoms with Crippen LogP contribution in [0.5, 0.6) is 5.06 Å². The molecule has 0 atom stereocenters. The van der Waals surface area contributed by atoms with Gasteiger partial charge in [-0.15, -0.1) is 0 Å². The fourth-order valence-electron chi connectivity index (χ4n) is 1.24. The molecule has 74 valence electrons. The second-order valence-corrected chi connectivity index (χ2v) is 5.77. The predicted molar refractivity (Wildman–Crippen MR) is 73.4 cm³/mol. The SMILES string of the molecule is CCOc1cc2c(Br)c(I)ccc2s1. The van der Waals surface area contributed by atoms with Crippen LogP contribution >= 0.6 is 49.9 Å². The van der Waals surface area contributed by atoms with Gasteiger partial charge in [0.25, 0.3) is 0 Å². The van der Waals surface area contributed by atoms with Crippen LogP contribution in [0.3, 0.4) is 0 Å². The van der Waals surface area contributed by atoms with Gasteiger partial charge in [-0.2, -0.15) is 0 Å². The van der Waals surface area contributed by atoms with Gasteiger partial charge >= 0.3 is 0 Å². The lowest BCUT2D eigenvalue weighted by Gasteiger charge is -1.95. The van der Waals surface area contributed by atoms with Gasteiger partial charge in [0.05, 0.1) is 6.61 Å². The van der Waals surface area contributed by atoms with E-state index in [1.165, 1.54) is 13.7 Å². The van der Waals surface area contributed by atoms with Crippen LogP contribution in [-0.4, -0.2) is 6.61 Å². The van der Waals surface area contributed by atoms with Crippen molar-refractivity contribution in [3.05, 3.63) is 26.2 Å². The molecule has 1 aromatic heterocycles. The Morgan fingerprint density at radius 2 is 2.29 bits per heavy atom. The Bertz CT molecular complexity index is 466. The molecule has 0 aliphatic heterocycles. The Hall–Kier alpha value is 0.190. The Morgan fingerprint density at radius 1 is 1.50 bits per heavy atom. The first-order valence-corrected chi connectivity index (χ1v) is 6.91. The van der Waals surface area contributed by atoms with Crippen molar-refractivity contribution in [2.45, 2.75) is 6.92 Å². The van der Waals surface area contributed by atoms with Crippen molar-refractivity contribution in [1.82, 2.24) is 0 Å². The maximum absolute atomic E-state index is 5.48. The van der Waals surface area contributed by atoms with Crippen LogP contribution in [0, 0.1) is 3.57 Å². The van der Waals surface area contributed by atoms with Gasteiger partial charge in [0, 0.05) is 24.2 Å². The van der Waals surface area contributed by atoms with Crippen LogP contribution < -0.4 is 4.74 Å². The van der Waals surface area contributed by atoms with Gasteiger partial charge in [0.1, 0.15) is 0 Å². The highest BCUT2D eigenvalue weighted by Gasteiger charge is 2.07. The summed E-state index contributed by atoms with van der Waals surface area (Å²) in [7, 11) is 0. The maximum Gasteiger partial charge on any atom is 0.174 e. The third-order valence-corrected chi connectivity index (χ3v) is 5.36. The molecule has 0 fully saturated rings. The van der Waals surface area contributed by atoms with E-state index >= 15 is 0 Å². The third-order valence-electron chi connectivity index (χ3n) is 1.85. The Kier molecular flexibility index (Phi) is 3.34. The molecular weight excluding hydrogens is 375 g/mol. The van der Waals surface area contributed by atoms with E-state index in [0.29, 0.717) is 0 Å². The van der Waals surface area contributed by atoms with Crippen molar-refractivity contribution in [3.63, 3.8) is 0 Å². The van der Waals surface area contributed by atoms with Crippen LogP contribution in [0.15, 0.2) is 22.7 Å². The zero-order valence-electron chi connectivity index (χ0n) is 7.51. The summed E-state index contributed by atoms with van der Waals surface area (Å²) < 4.78 is 9.14. The van der Waals surface area contributed by atoms with E-state index in [0.717, 1.165) is 16.1 Å². The van der Waals surface area contributed by atoms with E-state index in [2.05, 4.69) is 56.7 Å². The van der Waals surface area contributed by atoms with E-state index < -0.39 is 0 Å². The largest absolute Gasteiger partial charge is 0.484 e. The average molecular weight is 383 g/mol. The van der Waals surface area contributed by atoms with Crippen molar-refractivity contribution in [1.29, 1.82) is 0 Å². The summed E-state index contributed by atoms with van der Waals surface area (Å²) in [5, 5.41) is 2.23. The molecule has 0 unspecified atom stereocenters. The Labute approximate surface area is 109 Å². The molecule has 0 amide bonds. The molecule has 2 rings (SSSR count). The molecule has 0 radical (unpaired) electrons. The summed E-state index contributed by atoms with van der Waals surface area (Å²) >= 11 is 7.60. The lowest BCUT2D eigenvalue weighted by molar-refractivity contribution is 0.350. The molecule has 0 bridgehead atoms. The molecule has 14 heavy (non-hydrogen) atoms. The van der Waals surface area contributed by atoms with Gasteiger partial charge in [0.15, 0.2) is 5.06 Å². The summed E-state index contributed by atoms with van der Waals surface area (Å²) in [6.07, 6.45) is 0. The van der Waals surface area contributed by atoms with E-state index in [-0.39, 0.29) is 0 Å². The number of ether oxygens (including phenoxy) is 1. The van der Waals surface area contributed by atoms with Crippen LogP contribution in [0.25, 0.3) is 10.1 Å². The molecule has 1 nitrogen and oxygen atoms in total. The minimum atomic E-state index is 0.724. The summed E-state index contributed by atoms with van der Waals surface area (Å²) in [4.78, 5) is 0. The normalized spacial score (nSPS) is 10.8. The molecule has 4 heteroatoms. The van der Waals surface area contributed by atoms with Crippen LogP contribution in [0.2, 0.25) is 0 Å². The summed E-state index contributed by atoms with van der Waals surface area (Å²) in [6.45, 7) is 2.73. The van der Waals surface area contributed by atoms with E-state index in [9.17, 15) is 0 Å². The fourth-order valence-corrected chi connectivity index (χ4v) is 3.28. The minimum Gasteiger partial charge on any atom is -0.484 e. The average Bonchev–Trinajstić information content (AvgIpc) is 2.56. The van der Waals surface area contributed by atoms with Crippen molar-refractivity contribution in [2.24, 2.45) is 0 Å². The number of halogens is 2. The Morgan fingerprint density at radius 3 is 3.00 bits per heavy atom. The second-order valence-electron chi connectivity index (χ2n) is 2.77. The van der Waals surface area contributed by atoms with E-state index in [4.69, 9.17) is 4.74 Å². The number of hydrogen-bond acceptors (Lipinski definition) is 2. The highest BCUT2D eigenvalue weighted by molar-refractivity contribution is 14.1. The molecule has 0 saturated heterocycles. The quantitative estimate of drug-likeness (QED) is 0.686. The molecule has 0 saturated carbocycles.